The van der Waals surface area contributed by atoms with Gasteiger partial charge >= 0.3 is 6.03 Å². The number of morpholine rings is 1. The summed E-state index contributed by atoms with van der Waals surface area (Å²) in [5.74, 6) is 2.37. The summed E-state index contributed by atoms with van der Waals surface area (Å²) in [4.78, 5) is 14.0. The molecule has 5 nitrogen and oxygen atoms in total. The number of rotatable bonds is 5. The number of carbonyl (C=O) groups is 1. The minimum Gasteiger partial charge on any atom is -0.379 e. The third kappa shape index (κ3) is 4.92. The third-order valence-electron chi connectivity index (χ3n) is 3.53. The highest BCUT2D eigenvalue weighted by Crippen LogP contribution is 2.23. The minimum atomic E-state index is -0.266. The molecule has 2 rings (SSSR count). The Balaban J connectivity index is 2.04. The summed E-state index contributed by atoms with van der Waals surface area (Å²) in [6.07, 6.45) is 5.13. The van der Waals surface area contributed by atoms with Gasteiger partial charge in [-0.05, 0) is 17.7 Å². The van der Waals surface area contributed by atoms with Gasteiger partial charge in [0, 0.05) is 24.7 Å². The maximum Gasteiger partial charge on any atom is 0.315 e. The molecule has 22 heavy (non-hydrogen) atoms. The Kier molecular flexibility index (Phi) is 6.53. The van der Waals surface area contributed by atoms with Gasteiger partial charge in [0.15, 0.2) is 0 Å². The molecule has 0 bridgehead atoms. The summed E-state index contributed by atoms with van der Waals surface area (Å²) in [7, 11) is 0. The zero-order valence-corrected chi connectivity index (χ0v) is 13.1. The number of urea groups is 1. The van der Waals surface area contributed by atoms with Gasteiger partial charge in [-0.1, -0.05) is 29.7 Å². The van der Waals surface area contributed by atoms with E-state index < -0.39 is 0 Å². The molecule has 1 atom stereocenters. The smallest absolute Gasteiger partial charge is 0.315 e. The van der Waals surface area contributed by atoms with Crippen LogP contribution in [-0.4, -0.2) is 50.3 Å². The van der Waals surface area contributed by atoms with Crippen molar-refractivity contribution in [3.8, 4) is 12.3 Å². The maximum atomic E-state index is 11.7. The second-order valence-electron chi connectivity index (χ2n) is 4.99. The van der Waals surface area contributed by atoms with Gasteiger partial charge in [-0.3, -0.25) is 4.90 Å². The van der Waals surface area contributed by atoms with E-state index in [0.717, 1.165) is 18.7 Å². The molecular formula is C16H20ClN3O2. The Labute approximate surface area is 136 Å². The molecule has 1 aromatic rings. The van der Waals surface area contributed by atoms with Gasteiger partial charge in [-0.2, -0.15) is 0 Å². The zero-order valence-electron chi connectivity index (χ0n) is 12.3. The summed E-state index contributed by atoms with van der Waals surface area (Å²) in [5.41, 5.74) is 1.08. The lowest BCUT2D eigenvalue weighted by molar-refractivity contribution is 0.0167. The highest BCUT2D eigenvalue weighted by molar-refractivity contribution is 6.30. The quantitative estimate of drug-likeness (QED) is 0.811. The first kappa shape index (κ1) is 16.6. The molecule has 1 aliphatic rings. The monoisotopic (exact) mass is 321 g/mol. The SMILES string of the molecule is C#CCNC(=O)NCC(c1cccc(Cl)c1)N1CCOCC1. The first-order valence-electron chi connectivity index (χ1n) is 7.23. The lowest BCUT2D eigenvalue weighted by Gasteiger charge is -2.35. The van der Waals surface area contributed by atoms with Crippen molar-refractivity contribution in [2.75, 3.05) is 39.4 Å². The van der Waals surface area contributed by atoms with Crippen LogP contribution in [0.5, 0.6) is 0 Å². The van der Waals surface area contributed by atoms with Crippen LogP contribution in [0.4, 0.5) is 4.79 Å². The molecule has 1 heterocycles. The molecule has 1 aromatic carbocycles. The van der Waals surface area contributed by atoms with Crippen LogP contribution in [0.25, 0.3) is 0 Å². The number of ether oxygens (including phenoxy) is 1. The highest BCUT2D eigenvalue weighted by atomic mass is 35.5. The molecule has 0 aromatic heterocycles. The molecule has 1 aliphatic heterocycles. The Morgan fingerprint density at radius 2 is 2.18 bits per heavy atom. The number of hydrogen-bond acceptors (Lipinski definition) is 3. The van der Waals surface area contributed by atoms with E-state index in [9.17, 15) is 4.79 Å². The van der Waals surface area contributed by atoms with E-state index >= 15 is 0 Å². The highest BCUT2D eigenvalue weighted by Gasteiger charge is 2.23. The second kappa shape index (κ2) is 8.64. The number of hydrogen-bond donors (Lipinski definition) is 2. The molecule has 118 valence electrons. The fourth-order valence-corrected chi connectivity index (χ4v) is 2.64. The van der Waals surface area contributed by atoms with Crippen LogP contribution in [0.3, 0.4) is 0 Å². The molecule has 1 unspecified atom stereocenters. The predicted octanol–water partition coefficient (Wildman–Crippen LogP) is 1.65. The van der Waals surface area contributed by atoms with Crippen molar-refractivity contribution in [1.29, 1.82) is 0 Å². The summed E-state index contributed by atoms with van der Waals surface area (Å²) in [6, 6.07) is 7.51. The van der Waals surface area contributed by atoms with Crippen LogP contribution >= 0.6 is 11.6 Å². The fourth-order valence-electron chi connectivity index (χ4n) is 2.44. The van der Waals surface area contributed by atoms with Crippen LogP contribution in [0.1, 0.15) is 11.6 Å². The van der Waals surface area contributed by atoms with Crippen molar-refractivity contribution in [3.63, 3.8) is 0 Å². The average Bonchev–Trinajstić information content (AvgIpc) is 2.54. The van der Waals surface area contributed by atoms with E-state index in [-0.39, 0.29) is 18.6 Å². The lowest BCUT2D eigenvalue weighted by Crippen LogP contribution is -2.45. The molecule has 1 fully saturated rings. The van der Waals surface area contributed by atoms with Gasteiger partial charge in [0.2, 0.25) is 0 Å². The lowest BCUT2D eigenvalue weighted by atomic mass is 10.0. The van der Waals surface area contributed by atoms with Crippen LogP contribution in [0.15, 0.2) is 24.3 Å². The number of nitrogens with one attached hydrogen (secondary N) is 2. The summed E-state index contributed by atoms with van der Waals surface area (Å²) in [5, 5.41) is 6.15. The van der Waals surface area contributed by atoms with Crippen molar-refractivity contribution in [2.45, 2.75) is 6.04 Å². The van der Waals surface area contributed by atoms with E-state index in [1.165, 1.54) is 0 Å². The largest absolute Gasteiger partial charge is 0.379 e. The van der Waals surface area contributed by atoms with Crippen LogP contribution in [0, 0.1) is 12.3 Å². The Hall–Kier alpha value is -1.74. The molecule has 6 heteroatoms. The van der Waals surface area contributed by atoms with E-state index in [2.05, 4.69) is 21.5 Å². The molecule has 0 radical (unpaired) electrons. The molecule has 0 saturated carbocycles. The third-order valence-corrected chi connectivity index (χ3v) is 3.76. The van der Waals surface area contributed by atoms with Gasteiger partial charge < -0.3 is 15.4 Å². The zero-order chi connectivity index (χ0) is 15.8. The first-order chi connectivity index (χ1) is 10.7. The fraction of sp³-hybridized carbons (Fsp3) is 0.438. The molecule has 2 amide bonds. The maximum absolute atomic E-state index is 11.7. The minimum absolute atomic E-state index is 0.0548. The number of terminal acetylenes is 1. The van der Waals surface area contributed by atoms with Crippen molar-refractivity contribution >= 4 is 17.6 Å². The van der Waals surface area contributed by atoms with Crippen LogP contribution in [0.2, 0.25) is 5.02 Å². The van der Waals surface area contributed by atoms with Crippen molar-refractivity contribution in [2.24, 2.45) is 0 Å². The first-order valence-corrected chi connectivity index (χ1v) is 7.61. The summed E-state index contributed by atoms with van der Waals surface area (Å²) in [6.45, 7) is 3.73. The van der Waals surface area contributed by atoms with E-state index in [0.29, 0.717) is 24.8 Å². The van der Waals surface area contributed by atoms with Crippen molar-refractivity contribution in [3.05, 3.63) is 34.9 Å². The molecule has 2 N–H and O–H groups in total. The Morgan fingerprint density at radius 1 is 1.41 bits per heavy atom. The van der Waals surface area contributed by atoms with E-state index in [1.54, 1.807) is 0 Å². The van der Waals surface area contributed by atoms with Gasteiger partial charge in [0.05, 0.1) is 25.8 Å². The standard InChI is InChI=1S/C16H20ClN3O2/c1-2-6-18-16(21)19-12-15(20-7-9-22-10-8-20)13-4-3-5-14(17)11-13/h1,3-5,11,15H,6-10,12H2,(H2,18,19,21). The summed E-state index contributed by atoms with van der Waals surface area (Å²) < 4.78 is 5.40. The number of halogens is 1. The Morgan fingerprint density at radius 3 is 2.86 bits per heavy atom. The summed E-state index contributed by atoms with van der Waals surface area (Å²) >= 11 is 6.09. The number of benzene rings is 1. The van der Waals surface area contributed by atoms with Crippen LogP contribution in [-0.2, 0) is 4.74 Å². The van der Waals surface area contributed by atoms with Gasteiger partial charge in [0.1, 0.15) is 0 Å². The number of carbonyl (C=O) groups excluding carboxylic acids is 1. The van der Waals surface area contributed by atoms with Gasteiger partial charge in [-0.25, -0.2) is 4.79 Å². The molecule has 1 saturated heterocycles. The van der Waals surface area contributed by atoms with E-state index in [1.807, 2.05) is 24.3 Å². The molecular weight excluding hydrogens is 302 g/mol. The van der Waals surface area contributed by atoms with Gasteiger partial charge in [-0.15, -0.1) is 6.42 Å². The van der Waals surface area contributed by atoms with Crippen LogP contribution < -0.4 is 10.6 Å². The van der Waals surface area contributed by atoms with Crippen molar-refractivity contribution in [1.82, 2.24) is 15.5 Å². The molecule has 0 spiro atoms. The average molecular weight is 322 g/mol. The van der Waals surface area contributed by atoms with Gasteiger partial charge in [0.25, 0.3) is 0 Å². The van der Waals surface area contributed by atoms with E-state index in [4.69, 9.17) is 22.8 Å². The molecule has 0 aliphatic carbocycles. The number of nitrogens with zero attached hydrogens (tertiary/aromatic N) is 1. The Bertz CT molecular complexity index is 538. The number of amides is 2. The normalized spacial score (nSPS) is 16.5. The second-order valence-corrected chi connectivity index (χ2v) is 5.42. The van der Waals surface area contributed by atoms with Crippen molar-refractivity contribution < 1.29 is 9.53 Å². The predicted molar refractivity (Wildman–Crippen MR) is 86.8 cm³/mol. The topological polar surface area (TPSA) is 53.6 Å².